The first-order valence-electron chi connectivity index (χ1n) is 6.61. The van der Waals surface area contributed by atoms with Gasteiger partial charge >= 0.3 is 0 Å². The summed E-state index contributed by atoms with van der Waals surface area (Å²) in [5.41, 5.74) is 0.928. The SMILES string of the molecule is O=C(Nc1ncc(Cc2cccc(Cl)c2Cl)s1)C1=NCCN1. The normalized spacial score (nSPS) is 13.6. The first kappa shape index (κ1) is 15.3. The zero-order valence-electron chi connectivity index (χ0n) is 11.4. The fourth-order valence-corrected chi connectivity index (χ4v) is 3.24. The Morgan fingerprint density at radius 2 is 2.27 bits per heavy atom. The predicted octanol–water partition coefficient (Wildman–Crippen LogP) is 2.98. The summed E-state index contributed by atoms with van der Waals surface area (Å²) >= 11 is 13.6. The Bertz CT molecular complexity index is 744. The minimum atomic E-state index is -0.265. The molecule has 0 atom stereocenters. The number of hydrogen-bond acceptors (Lipinski definition) is 5. The van der Waals surface area contributed by atoms with Gasteiger partial charge in [-0.25, -0.2) is 4.98 Å². The summed E-state index contributed by atoms with van der Waals surface area (Å²) in [6.45, 7) is 1.32. The summed E-state index contributed by atoms with van der Waals surface area (Å²) in [6.07, 6.45) is 2.34. The lowest BCUT2D eigenvalue weighted by molar-refractivity contribution is -0.110. The number of anilines is 1. The Morgan fingerprint density at radius 3 is 3.05 bits per heavy atom. The molecule has 22 heavy (non-hydrogen) atoms. The number of thiazole rings is 1. The number of carbonyl (C=O) groups excluding carboxylic acids is 1. The van der Waals surface area contributed by atoms with Gasteiger partial charge in [-0.2, -0.15) is 0 Å². The minimum Gasteiger partial charge on any atom is -0.364 e. The topological polar surface area (TPSA) is 66.4 Å². The van der Waals surface area contributed by atoms with Crippen LogP contribution in [-0.2, 0) is 11.2 Å². The summed E-state index contributed by atoms with van der Waals surface area (Å²) in [6, 6.07) is 5.53. The van der Waals surface area contributed by atoms with Gasteiger partial charge in [0.1, 0.15) is 0 Å². The van der Waals surface area contributed by atoms with Crippen molar-refractivity contribution >= 4 is 51.4 Å². The summed E-state index contributed by atoms with van der Waals surface area (Å²) < 4.78 is 0. The van der Waals surface area contributed by atoms with Gasteiger partial charge in [-0.05, 0) is 11.6 Å². The lowest BCUT2D eigenvalue weighted by Gasteiger charge is -2.03. The van der Waals surface area contributed by atoms with Crippen molar-refractivity contribution in [3.63, 3.8) is 0 Å². The van der Waals surface area contributed by atoms with Crippen molar-refractivity contribution in [1.82, 2.24) is 10.3 Å². The number of hydrogen-bond donors (Lipinski definition) is 2. The zero-order chi connectivity index (χ0) is 15.5. The summed E-state index contributed by atoms with van der Waals surface area (Å²) in [5.74, 6) is 0.0915. The smallest absolute Gasteiger partial charge is 0.292 e. The van der Waals surface area contributed by atoms with Crippen LogP contribution in [-0.4, -0.2) is 29.8 Å². The molecule has 3 rings (SSSR count). The number of aromatic nitrogens is 1. The molecule has 0 aliphatic carbocycles. The molecular weight excluding hydrogens is 343 g/mol. The van der Waals surface area contributed by atoms with Crippen LogP contribution in [0, 0.1) is 0 Å². The van der Waals surface area contributed by atoms with E-state index in [1.807, 2.05) is 12.1 Å². The molecule has 5 nitrogen and oxygen atoms in total. The average Bonchev–Trinajstić information content (AvgIpc) is 3.15. The maximum Gasteiger partial charge on any atom is 0.292 e. The van der Waals surface area contributed by atoms with Crippen molar-refractivity contribution < 1.29 is 4.79 Å². The Hall–Kier alpha value is -1.63. The molecule has 0 saturated heterocycles. The number of amidine groups is 1. The number of benzene rings is 1. The van der Waals surface area contributed by atoms with Crippen molar-refractivity contribution in [3.05, 3.63) is 44.9 Å². The average molecular weight is 355 g/mol. The lowest BCUT2D eigenvalue weighted by Crippen LogP contribution is -2.32. The standard InChI is InChI=1S/C14H12Cl2N4OS/c15-10-3-1-2-8(11(10)16)6-9-7-19-14(22-9)20-13(21)12-17-4-5-18-12/h1-3,7H,4-6H2,(H,17,18)(H,19,20,21). The van der Waals surface area contributed by atoms with Crippen LogP contribution in [0.25, 0.3) is 0 Å². The highest BCUT2D eigenvalue weighted by Gasteiger charge is 2.16. The Labute approximate surface area is 141 Å². The summed E-state index contributed by atoms with van der Waals surface area (Å²) in [4.78, 5) is 21.2. The van der Waals surface area contributed by atoms with E-state index in [4.69, 9.17) is 23.2 Å². The molecule has 1 aromatic heterocycles. The fourth-order valence-electron chi connectivity index (χ4n) is 2.03. The largest absolute Gasteiger partial charge is 0.364 e. The molecule has 2 aromatic rings. The van der Waals surface area contributed by atoms with E-state index in [-0.39, 0.29) is 5.91 Å². The number of amides is 1. The van der Waals surface area contributed by atoms with Crippen LogP contribution < -0.4 is 10.6 Å². The van der Waals surface area contributed by atoms with E-state index in [0.717, 1.165) is 10.4 Å². The van der Waals surface area contributed by atoms with E-state index in [1.54, 1.807) is 12.3 Å². The van der Waals surface area contributed by atoms with Gasteiger partial charge in [0.15, 0.2) is 11.0 Å². The first-order valence-corrected chi connectivity index (χ1v) is 8.18. The predicted molar refractivity (Wildman–Crippen MR) is 90.3 cm³/mol. The van der Waals surface area contributed by atoms with Gasteiger partial charge in [0, 0.05) is 24.0 Å². The van der Waals surface area contributed by atoms with Crippen LogP contribution in [0.5, 0.6) is 0 Å². The molecule has 0 radical (unpaired) electrons. The van der Waals surface area contributed by atoms with E-state index in [0.29, 0.717) is 40.5 Å². The van der Waals surface area contributed by atoms with Gasteiger partial charge in [0.25, 0.3) is 5.91 Å². The molecule has 114 valence electrons. The van der Waals surface area contributed by atoms with Crippen LogP contribution in [0.1, 0.15) is 10.4 Å². The van der Waals surface area contributed by atoms with Crippen molar-refractivity contribution in [3.8, 4) is 0 Å². The number of rotatable bonds is 4. The van der Waals surface area contributed by atoms with Gasteiger partial charge in [-0.15, -0.1) is 11.3 Å². The maximum absolute atomic E-state index is 11.9. The zero-order valence-corrected chi connectivity index (χ0v) is 13.7. The van der Waals surface area contributed by atoms with Crippen LogP contribution in [0.2, 0.25) is 10.0 Å². The molecule has 2 N–H and O–H groups in total. The second-order valence-corrected chi connectivity index (χ2v) is 6.53. The molecule has 1 aromatic carbocycles. The van der Waals surface area contributed by atoms with Gasteiger partial charge < -0.3 is 5.32 Å². The third-order valence-electron chi connectivity index (χ3n) is 3.06. The van der Waals surface area contributed by atoms with Crippen LogP contribution in [0.4, 0.5) is 5.13 Å². The number of halogens is 2. The van der Waals surface area contributed by atoms with Crippen LogP contribution in [0.15, 0.2) is 29.4 Å². The monoisotopic (exact) mass is 354 g/mol. The Morgan fingerprint density at radius 1 is 1.41 bits per heavy atom. The van der Waals surface area contributed by atoms with Crippen LogP contribution >= 0.6 is 34.5 Å². The molecule has 0 saturated carbocycles. The molecule has 0 unspecified atom stereocenters. The first-order chi connectivity index (χ1) is 10.6. The van der Waals surface area contributed by atoms with Crippen molar-refractivity contribution in [1.29, 1.82) is 0 Å². The van der Waals surface area contributed by atoms with E-state index >= 15 is 0 Å². The number of nitrogens with zero attached hydrogens (tertiary/aromatic N) is 2. The lowest BCUT2D eigenvalue weighted by atomic mass is 10.1. The van der Waals surface area contributed by atoms with Crippen LogP contribution in [0.3, 0.4) is 0 Å². The van der Waals surface area contributed by atoms with Crippen molar-refractivity contribution in [2.24, 2.45) is 4.99 Å². The second kappa shape index (κ2) is 6.64. The second-order valence-electron chi connectivity index (χ2n) is 4.63. The number of aliphatic imine (C=N–C) groups is 1. The van der Waals surface area contributed by atoms with Gasteiger partial charge in [0.2, 0.25) is 0 Å². The highest BCUT2D eigenvalue weighted by molar-refractivity contribution is 7.15. The van der Waals surface area contributed by atoms with E-state index < -0.39 is 0 Å². The van der Waals surface area contributed by atoms with Gasteiger partial charge in [-0.3, -0.25) is 15.1 Å². The quantitative estimate of drug-likeness (QED) is 0.886. The van der Waals surface area contributed by atoms with Gasteiger partial charge in [0.05, 0.1) is 16.6 Å². The van der Waals surface area contributed by atoms with E-state index in [9.17, 15) is 4.79 Å². The fraction of sp³-hybridized carbons (Fsp3) is 0.214. The maximum atomic E-state index is 11.9. The molecule has 1 aliphatic heterocycles. The van der Waals surface area contributed by atoms with Crippen molar-refractivity contribution in [2.75, 3.05) is 18.4 Å². The third-order valence-corrected chi connectivity index (χ3v) is 4.83. The molecule has 0 bridgehead atoms. The summed E-state index contributed by atoms with van der Waals surface area (Å²) in [5, 5.41) is 7.27. The molecular formula is C14H12Cl2N4OS. The molecule has 8 heteroatoms. The van der Waals surface area contributed by atoms with Crippen molar-refractivity contribution in [2.45, 2.75) is 6.42 Å². The highest BCUT2D eigenvalue weighted by Crippen LogP contribution is 2.29. The van der Waals surface area contributed by atoms with Gasteiger partial charge in [-0.1, -0.05) is 35.3 Å². The highest BCUT2D eigenvalue weighted by atomic mass is 35.5. The molecule has 2 heterocycles. The van der Waals surface area contributed by atoms with E-state index in [1.165, 1.54) is 11.3 Å². The Kier molecular flexibility index (Phi) is 4.61. The molecule has 1 aliphatic rings. The third kappa shape index (κ3) is 3.40. The Balaban J connectivity index is 1.68. The molecule has 1 amide bonds. The number of nitrogens with one attached hydrogen (secondary N) is 2. The molecule has 0 fully saturated rings. The minimum absolute atomic E-state index is 0.265. The van der Waals surface area contributed by atoms with E-state index in [2.05, 4.69) is 20.6 Å². The summed E-state index contributed by atoms with van der Waals surface area (Å²) in [7, 11) is 0. The molecule has 0 spiro atoms. The number of carbonyl (C=O) groups is 1.